The van der Waals surface area contributed by atoms with Crippen LogP contribution in [0.4, 0.5) is 8.78 Å². The first-order valence-electron chi connectivity index (χ1n) is 7.89. The maximum absolute atomic E-state index is 13.7. The molecule has 1 aromatic carbocycles. The van der Waals surface area contributed by atoms with Crippen molar-refractivity contribution in [2.75, 3.05) is 7.11 Å². The molecule has 0 bridgehead atoms. The van der Waals surface area contributed by atoms with Crippen LogP contribution < -0.4 is 4.74 Å². The number of nitrogens with one attached hydrogen (secondary N) is 1. The summed E-state index contributed by atoms with van der Waals surface area (Å²) >= 11 is 6.29. The number of rotatable bonds is 4. The Hall–Kier alpha value is -2.14. The highest BCUT2D eigenvalue weighted by Gasteiger charge is 2.25. The molecule has 0 spiro atoms. The lowest BCUT2D eigenvalue weighted by Gasteiger charge is -2.11. The van der Waals surface area contributed by atoms with E-state index in [1.807, 2.05) is 19.9 Å². The van der Waals surface area contributed by atoms with E-state index in [1.54, 1.807) is 13.3 Å². The topological polar surface area (TPSA) is 37.9 Å². The maximum Gasteiger partial charge on any atom is 0.270 e. The smallest absolute Gasteiger partial charge is 0.270 e. The van der Waals surface area contributed by atoms with Gasteiger partial charge < -0.3 is 9.72 Å². The quantitative estimate of drug-likeness (QED) is 0.659. The molecule has 2 heterocycles. The van der Waals surface area contributed by atoms with Gasteiger partial charge in [-0.1, -0.05) is 11.6 Å². The van der Waals surface area contributed by atoms with E-state index in [0.29, 0.717) is 22.8 Å². The molecule has 3 nitrogen and oxygen atoms in total. The first-order chi connectivity index (χ1) is 11.7. The van der Waals surface area contributed by atoms with Gasteiger partial charge in [0.25, 0.3) is 5.92 Å². The minimum absolute atomic E-state index is 0.00527. The molecule has 0 fully saturated rings. The van der Waals surface area contributed by atoms with E-state index >= 15 is 0 Å². The van der Waals surface area contributed by atoms with Gasteiger partial charge in [-0.25, -0.2) is 13.8 Å². The van der Waals surface area contributed by atoms with Crippen molar-refractivity contribution in [1.82, 2.24) is 9.97 Å². The largest absolute Gasteiger partial charge is 0.481 e. The van der Waals surface area contributed by atoms with Gasteiger partial charge in [-0.3, -0.25) is 0 Å². The van der Waals surface area contributed by atoms with Gasteiger partial charge in [0.1, 0.15) is 0 Å². The fourth-order valence-corrected chi connectivity index (χ4v) is 3.29. The summed E-state index contributed by atoms with van der Waals surface area (Å²) in [5.74, 6) is -2.35. The van der Waals surface area contributed by atoms with Crippen LogP contribution >= 0.6 is 11.6 Å². The second-order valence-electron chi connectivity index (χ2n) is 6.33. The number of benzene rings is 1. The number of aromatic nitrogens is 2. The summed E-state index contributed by atoms with van der Waals surface area (Å²) in [5.41, 5.74) is 4.18. The van der Waals surface area contributed by atoms with Crippen molar-refractivity contribution in [3.05, 3.63) is 57.4 Å². The number of hydrogen-bond donors (Lipinski definition) is 1. The predicted octanol–water partition coefficient (Wildman–Crippen LogP) is 5.54. The Kier molecular flexibility index (Phi) is 4.45. The fourth-order valence-electron chi connectivity index (χ4n) is 3.04. The molecule has 0 radical (unpaired) electrons. The van der Waals surface area contributed by atoms with Crippen molar-refractivity contribution < 1.29 is 13.5 Å². The van der Waals surface area contributed by atoms with Gasteiger partial charge in [0.2, 0.25) is 5.88 Å². The molecule has 0 atom stereocenters. The number of aromatic amines is 1. The van der Waals surface area contributed by atoms with E-state index in [4.69, 9.17) is 16.3 Å². The van der Waals surface area contributed by atoms with Crippen molar-refractivity contribution in [2.24, 2.45) is 0 Å². The Morgan fingerprint density at radius 1 is 1.24 bits per heavy atom. The molecular formula is C19H19ClF2N2O. The zero-order valence-electron chi connectivity index (χ0n) is 14.5. The molecule has 3 rings (SSSR count). The zero-order valence-corrected chi connectivity index (χ0v) is 15.3. The van der Waals surface area contributed by atoms with Crippen LogP contribution in [-0.2, 0) is 12.3 Å². The Balaban J connectivity index is 2.05. The number of nitrogens with zero attached hydrogens (tertiary/aromatic N) is 1. The van der Waals surface area contributed by atoms with Crippen LogP contribution in [0.2, 0.25) is 5.02 Å². The summed E-state index contributed by atoms with van der Waals surface area (Å²) in [6.07, 6.45) is 2.10. The lowest BCUT2D eigenvalue weighted by molar-refractivity contribution is 0.0175. The van der Waals surface area contributed by atoms with Crippen molar-refractivity contribution in [2.45, 2.75) is 33.1 Å². The van der Waals surface area contributed by atoms with Crippen LogP contribution in [0.1, 0.15) is 34.9 Å². The number of alkyl halides is 2. The van der Waals surface area contributed by atoms with Crippen LogP contribution in [0, 0.1) is 13.8 Å². The second kappa shape index (κ2) is 6.30. The standard InChI is InChI=1S/C19H19ClF2N2O/c1-10-5-12(19(3,21)22)6-17-14(10)7-13(24-17)8-15-11(2)18(25-4)23-9-16(15)20/h5-7,9,24H,8H2,1-4H3. The number of methoxy groups -OCH3 is 1. The highest BCUT2D eigenvalue weighted by atomic mass is 35.5. The second-order valence-corrected chi connectivity index (χ2v) is 6.74. The Morgan fingerprint density at radius 3 is 2.60 bits per heavy atom. The molecule has 0 saturated heterocycles. The SMILES string of the molecule is COc1ncc(Cl)c(Cc2cc3c(C)cc(C(C)(F)F)cc3[nH]2)c1C. The molecule has 0 aliphatic rings. The van der Waals surface area contributed by atoms with Crippen LogP contribution in [-0.4, -0.2) is 17.1 Å². The van der Waals surface area contributed by atoms with E-state index in [1.165, 1.54) is 12.1 Å². The lowest BCUT2D eigenvalue weighted by atomic mass is 10.0. The van der Waals surface area contributed by atoms with Gasteiger partial charge in [-0.2, -0.15) is 0 Å². The third kappa shape index (κ3) is 3.33. The van der Waals surface area contributed by atoms with Crippen LogP contribution in [0.25, 0.3) is 10.9 Å². The molecule has 0 unspecified atom stereocenters. The van der Waals surface area contributed by atoms with Gasteiger partial charge in [0, 0.05) is 47.3 Å². The Labute approximate surface area is 150 Å². The zero-order chi connectivity index (χ0) is 18.4. The number of halogens is 3. The Bertz CT molecular complexity index is 945. The molecule has 132 valence electrons. The van der Waals surface area contributed by atoms with Gasteiger partial charge in [0.05, 0.1) is 12.1 Å². The van der Waals surface area contributed by atoms with Crippen LogP contribution in [0.15, 0.2) is 24.4 Å². The number of hydrogen-bond acceptors (Lipinski definition) is 2. The lowest BCUT2D eigenvalue weighted by Crippen LogP contribution is -2.07. The predicted molar refractivity (Wildman–Crippen MR) is 95.9 cm³/mol. The van der Waals surface area contributed by atoms with Crippen molar-refractivity contribution >= 4 is 22.5 Å². The minimum Gasteiger partial charge on any atom is -0.481 e. The monoisotopic (exact) mass is 364 g/mol. The molecule has 3 aromatic rings. The molecule has 1 N–H and O–H groups in total. The van der Waals surface area contributed by atoms with Crippen LogP contribution in [0.5, 0.6) is 5.88 Å². The molecule has 0 amide bonds. The van der Waals surface area contributed by atoms with E-state index in [-0.39, 0.29) is 5.56 Å². The van der Waals surface area contributed by atoms with Crippen LogP contribution in [0.3, 0.4) is 0 Å². The summed E-state index contributed by atoms with van der Waals surface area (Å²) in [7, 11) is 1.56. The van der Waals surface area contributed by atoms with Gasteiger partial charge in [0.15, 0.2) is 0 Å². The number of H-pyrrole nitrogens is 1. The first-order valence-corrected chi connectivity index (χ1v) is 8.27. The number of pyridine rings is 1. The average molecular weight is 365 g/mol. The summed E-state index contributed by atoms with van der Waals surface area (Å²) in [4.78, 5) is 7.38. The molecule has 0 aliphatic carbocycles. The summed E-state index contributed by atoms with van der Waals surface area (Å²) in [6, 6.07) is 5.02. The maximum atomic E-state index is 13.7. The van der Waals surface area contributed by atoms with E-state index < -0.39 is 5.92 Å². The van der Waals surface area contributed by atoms with Gasteiger partial charge in [-0.05, 0) is 43.2 Å². The molecule has 6 heteroatoms. The Morgan fingerprint density at radius 2 is 1.96 bits per heavy atom. The number of fused-ring (bicyclic) bond motifs is 1. The van der Waals surface area contributed by atoms with E-state index in [0.717, 1.165) is 34.7 Å². The number of aryl methyl sites for hydroxylation is 1. The minimum atomic E-state index is -2.87. The van der Waals surface area contributed by atoms with Crippen molar-refractivity contribution in [3.63, 3.8) is 0 Å². The van der Waals surface area contributed by atoms with Gasteiger partial charge in [-0.15, -0.1) is 0 Å². The summed E-state index contributed by atoms with van der Waals surface area (Å²) in [5, 5.41) is 1.48. The molecule has 0 aliphatic heterocycles. The number of ether oxygens (including phenoxy) is 1. The summed E-state index contributed by atoms with van der Waals surface area (Å²) in [6.45, 7) is 4.64. The highest BCUT2D eigenvalue weighted by Crippen LogP contribution is 2.33. The fraction of sp³-hybridized carbons (Fsp3) is 0.316. The third-order valence-corrected chi connectivity index (χ3v) is 4.75. The van der Waals surface area contributed by atoms with Crippen molar-refractivity contribution in [1.29, 1.82) is 0 Å². The molecule has 2 aromatic heterocycles. The highest BCUT2D eigenvalue weighted by molar-refractivity contribution is 6.31. The van der Waals surface area contributed by atoms with E-state index in [9.17, 15) is 8.78 Å². The van der Waals surface area contributed by atoms with Crippen molar-refractivity contribution in [3.8, 4) is 5.88 Å². The average Bonchev–Trinajstić information content (AvgIpc) is 2.94. The molecule has 25 heavy (non-hydrogen) atoms. The molecule has 0 saturated carbocycles. The normalized spacial score (nSPS) is 12.0. The first kappa shape index (κ1) is 17.7. The van der Waals surface area contributed by atoms with E-state index in [2.05, 4.69) is 9.97 Å². The molecular weight excluding hydrogens is 346 g/mol. The summed E-state index contributed by atoms with van der Waals surface area (Å²) < 4.78 is 32.6. The third-order valence-electron chi connectivity index (χ3n) is 4.43. The van der Waals surface area contributed by atoms with Gasteiger partial charge >= 0.3 is 0 Å².